The largest absolute Gasteiger partial charge is 0.350 e. The third kappa shape index (κ3) is 3.95. The van der Waals surface area contributed by atoms with Crippen LogP contribution in [0.25, 0.3) is 0 Å². The van der Waals surface area contributed by atoms with Gasteiger partial charge in [-0.05, 0) is 6.92 Å². The third-order valence-corrected chi connectivity index (χ3v) is 3.57. The number of nitrogens with one attached hydrogen (secondary N) is 3. The van der Waals surface area contributed by atoms with Gasteiger partial charge in [0, 0.05) is 23.7 Å². The van der Waals surface area contributed by atoms with Crippen molar-refractivity contribution in [3.63, 3.8) is 0 Å². The molecule has 0 saturated heterocycles. The Morgan fingerprint density at radius 2 is 2.30 bits per heavy atom. The summed E-state index contributed by atoms with van der Waals surface area (Å²) >= 11 is 1.68. The molecule has 0 aliphatic heterocycles. The van der Waals surface area contributed by atoms with Crippen LogP contribution in [0.4, 0.5) is 0 Å². The highest BCUT2D eigenvalue weighted by Crippen LogP contribution is 2.11. The van der Waals surface area contributed by atoms with E-state index in [1.807, 2.05) is 6.92 Å². The molecule has 1 amide bonds. The minimum Gasteiger partial charge on any atom is -0.350 e. The zero-order valence-electron chi connectivity index (χ0n) is 11.0. The van der Waals surface area contributed by atoms with E-state index >= 15 is 0 Å². The molecule has 0 aliphatic rings. The number of rotatable bonds is 6. The fourth-order valence-electron chi connectivity index (χ4n) is 1.53. The topological polar surface area (TPSA) is 104 Å². The van der Waals surface area contributed by atoms with E-state index in [2.05, 4.69) is 25.3 Å². The van der Waals surface area contributed by atoms with Crippen LogP contribution in [0.15, 0.2) is 23.5 Å². The summed E-state index contributed by atoms with van der Waals surface area (Å²) in [7, 11) is 0. The predicted molar refractivity (Wildman–Crippen MR) is 76.7 cm³/mol. The number of amides is 1. The van der Waals surface area contributed by atoms with Crippen molar-refractivity contribution in [1.29, 1.82) is 0 Å². The first-order chi connectivity index (χ1) is 9.66. The van der Waals surface area contributed by atoms with E-state index in [0.717, 1.165) is 29.1 Å². The number of imidazole rings is 1. The molecular formula is C12H15N5O2S. The molecule has 20 heavy (non-hydrogen) atoms. The zero-order chi connectivity index (χ0) is 14.4. The Hall–Kier alpha value is -2.09. The van der Waals surface area contributed by atoms with Crippen molar-refractivity contribution in [2.75, 3.05) is 12.3 Å². The number of carbonyl (C=O) groups is 1. The van der Waals surface area contributed by atoms with Crippen molar-refractivity contribution in [2.24, 2.45) is 0 Å². The molecule has 2 aromatic heterocycles. The fraction of sp³-hybridized carbons (Fsp3) is 0.333. The fourth-order valence-corrected chi connectivity index (χ4v) is 2.40. The highest BCUT2D eigenvalue weighted by atomic mass is 32.2. The third-order valence-electron chi connectivity index (χ3n) is 2.60. The number of hydrogen-bond acceptors (Lipinski definition) is 5. The van der Waals surface area contributed by atoms with E-state index in [1.165, 1.54) is 6.20 Å². The molecule has 3 N–H and O–H groups in total. The molecule has 0 unspecified atom stereocenters. The van der Waals surface area contributed by atoms with Gasteiger partial charge in [-0.3, -0.25) is 14.6 Å². The summed E-state index contributed by atoms with van der Waals surface area (Å²) in [5.74, 6) is 1.24. The van der Waals surface area contributed by atoms with Crippen LogP contribution < -0.4 is 10.9 Å². The maximum atomic E-state index is 11.7. The molecule has 0 fully saturated rings. The van der Waals surface area contributed by atoms with Crippen LogP contribution >= 0.6 is 11.8 Å². The molecule has 0 aromatic carbocycles. The van der Waals surface area contributed by atoms with Gasteiger partial charge >= 0.3 is 0 Å². The monoisotopic (exact) mass is 293 g/mol. The molecule has 0 aliphatic carbocycles. The molecule has 2 rings (SSSR count). The lowest BCUT2D eigenvalue weighted by Crippen LogP contribution is -2.28. The van der Waals surface area contributed by atoms with Crippen molar-refractivity contribution in [3.05, 3.63) is 46.2 Å². The zero-order valence-corrected chi connectivity index (χ0v) is 11.8. The molecular weight excluding hydrogens is 278 g/mol. The second-order valence-corrected chi connectivity index (χ2v) is 5.20. The van der Waals surface area contributed by atoms with Crippen LogP contribution in [-0.2, 0) is 5.75 Å². The number of aromatic amines is 2. The van der Waals surface area contributed by atoms with E-state index in [0.29, 0.717) is 6.54 Å². The highest BCUT2D eigenvalue weighted by Gasteiger charge is 2.06. The normalized spacial score (nSPS) is 10.4. The van der Waals surface area contributed by atoms with Gasteiger partial charge in [0.2, 0.25) is 0 Å². The molecule has 2 heterocycles. The van der Waals surface area contributed by atoms with Gasteiger partial charge in [0.1, 0.15) is 5.69 Å². The second kappa shape index (κ2) is 6.90. The average Bonchev–Trinajstić information content (AvgIpc) is 2.84. The van der Waals surface area contributed by atoms with Gasteiger partial charge in [-0.15, -0.1) is 0 Å². The van der Waals surface area contributed by atoms with Crippen LogP contribution in [0.3, 0.4) is 0 Å². The van der Waals surface area contributed by atoms with E-state index in [9.17, 15) is 9.59 Å². The summed E-state index contributed by atoms with van der Waals surface area (Å²) in [5, 5.41) is 2.72. The van der Waals surface area contributed by atoms with Gasteiger partial charge in [-0.2, -0.15) is 11.8 Å². The lowest BCUT2D eigenvalue weighted by atomic mass is 10.4. The van der Waals surface area contributed by atoms with Gasteiger partial charge < -0.3 is 15.3 Å². The van der Waals surface area contributed by atoms with Crippen LogP contribution in [-0.4, -0.2) is 38.1 Å². The average molecular weight is 293 g/mol. The van der Waals surface area contributed by atoms with Crippen LogP contribution in [0.1, 0.15) is 21.9 Å². The first kappa shape index (κ1) is 14.3. The van der Waals surface area contributed by atoms with Crippen molar-refractivity contribution in [3.8, 4) is 0 Å². The van der Waals surface area contributed by atoms with E-state index in [-0.39, 0.29) is 17.2 Å². The first-order valence-corrected chi connectivity index (χ1v) is 7.21. The lowest BCUT2D eigenvalue weighted by molar-refractivity contribution is 0.0950. The van der Waals surface area contributed by atoms with Crippen LogP contribution in [0.2, 0.25) is 0 Å². The Morgan fingerprint density at radius 3 is 3.00 bits per heavy atom. The number of aryl methyl sites for hydroxylation is 1. The summed E-state index contributed by atoms with van der Waals surface area (Å²) in [5.41, 5.74) is 1.87. The quantitative estimate of drug-likeness (QED) is 0.671. The Kier molecular flexibility index (Phi) is 4.94. The van der Waals surface area contributed by atoms with Crippen LogP contribution in [0.5, 0.6) is 0 Å². The number of thioether (sulfide) groups is 1. The first-order valence-electron chi connectivity index (χ1n) is 6.06. The van der Waals surface area contributed by atoms with Gasteiger partial charge in [0.15, 0.2) is 0 Å². The number of H-pyrrole nitrogens is 2. The summed E-state index contributed by atoms with van der Waals surface area (Å²) in [6, 6.07) is 0. The predicted octanol–water partition coefficient (Wildman–Crippen LogP) is 0.465. The number of aromatic nitrogens is 4. The Morgan fingerprint density at radius 1 is 1.45 bits per heavy atom. The summed E-state index contributed by atoms with van der Waals surface area (Å²) in [4.78, 5) is 36.0. The van der Waals surface area contributed by atoms with E-state index < -0.39 is 0 Å². The minimum atomic E-state index is -0.388. The standard InChI is InChI=1S/C12H15N5O2S/c1-8-10(16-7-15-8)6-20-3-2-14-12(19)9-4-13-5-11(18)17-9/h4-5,7H,2-3,6H2,1H3,(H,14,19)(H,15,16)(H,17,18). The number of hydrogen-bond donors (Lipinski definition) is 3. The van der Waals surface area contributed by atoms with E-state index in [4.69, 9.17) is 0 Å². The lowest BCUT2D eigenvalue weighted by Gasteiger charge is -2.04. The Bertz CT molecular complexity index is 637. The summed E-state index contributed by atoms with van der Waals surface area (Å²) in [6.45, 7) is 2.49. The molecule has 2 aromatic rings. The van der Waals surface area contributed by atoms with E-state index in [1.54, 1.807) is 18.1 Å². The Balaban J connectivity index is 1.70. The van der Waals surface area contributed by atoms with Gasteiger partial charge in [-0.1, -0.05) is 0 Å². The van der Waals surface area contributed by atoms with Crippen molar-refractivity contribution in [1.82, 2.24) is 25.3 Å². The van der Waals surface area contributed by atoms with Gasteiger partial charge in [0.05, 0.1) is 24.4 Å². The van der Waals surface area contributed by atoms with Gasteiger partial charge in [0.25, 0.3) is 11.5 Å². The molecule has 106 valence electrons. The molecule has 0 atom stereocenters. The molecule has 0 radical (unpaired) electrons. The molecule has 7 nitrogen and oxygen atoms in total. The van der Waals surface area contributed by atoms with Crippen LogP contribution in [0, 0.1) is 6.92 Å². The SMILES string of the molecule is Cc1[nH]cnc1CSCCNC(=O)c1cncc(=O)[nH]1. The molecule has 0 saturated carbocycles. The van der Waals surface area contributed by atoms with Crippen molar-refractivity contribution < 1.29 is 4.79 Å². The summed E-state index contributed by atoms with van der Waals surface area (Å²) < 4.78 is 0. The maximum absolute atomic E-state index is 11.7. The number of carbonyl (C=O) groups excluding carboxylic acids is 1. The van der Waals surface area contributed by atoms with Crippen molar-refractivity contribution in [2.45, 2.75) is 12.7 Å². The second-order valence-electron chi connectivity index (χ2n) is 4.09. The highest BCUT2D eigenvalue weighted by molar-refractivity contribution is 7.98. The van der Waals surface area contributed by atoms with Crippen molar-refractivity contribution >= 4 is 17.7 Å². The Labute approximate surface area is 119 Å². The molecule has 8 heteroatoms. The smallest absolute Gasteiger partial charge is 0.269 e. The molecule has 0 spiro atoms. The number of nitrogens with zero attached hydrogens (tertiary/aromatic N) is 2. The summed E-state index contributed by atoms with van der Waals surface area (Å²) in [6.07, 6.45) is 4.13. The minimum absolute atomic E-state index is 0.172. The molecule has 0 bridgehead atoms. The van der Waals surface area contributed by atoms with Gasteiger partial charge in [-0.25, -0.2) is 4.98 Å². The maximum Gasteiger partial charge on any atom is 0.269 e.